The summed E-state index contributed by atoms with van der Waals surface area (Å²) in [4.78, 5) is 16.6. The molecule has 0 aliphatic heterocycles. The number of aromatic nitrogens is 1. The standard InChI is InChI=1S/C17H12FIN2O2S/c1-23-15-7-6-10(8-12(15)18)14-9-24-17(20-14)21-16(22)11-4-2-3-5-13(11)19/h2-9H,1H3,(H,20,21,22). The number of rotatable bonds is 4. The van der Waals surface area contributed by atoms with Crippen LogP contribution < -0.4 is 10.1 Å². The van der Waals surface area contributed by atoms with E-state index in [9.17, 15) is 9.18 Å². The van der Waals surface area contributed by atoms with Crippen LogP contribution >= 0.6 is 33.9 Å². The molecule has 1 amide bonds. The largest absolute Gasteiger partial charge is 0.494 e. The second-order valence-electron chi connectivity index (χ2n) is 4.82. The molecule has 7 heteroatoms. The van der Waals surface area contributed by atoms with Crippen LogP contribution in [0.15, 0.2) is 47.8 Å². The zero-order valence-corrected chi connectivity index (χ0v) is 15.5. The molecule has 0 bridgehead atoms. The lowest BCUT2D eigenvalue weighted by Crippen LogP contribution is -2.13. The summed E-state index contributed by atoms with van der Waals surface area (Å²) >= 11 is 3.40. The van der Waals surface area contributed by atoms with E-state index in [0.29, 0.717) is 22.0 Å². The third-order valence-electron chi connectivity index (χ3n) is 3.29. The molecule has 24 heavy (non-hydrogen) atoms. The van der Waals surface area contributed by atoms with Crippen LogP contribution in [0.25, 0.3) is 11.3 Å². The third-order valence-corrected chi connectivity index (χ3v) is 4.99. The third kappa shape index (κ3) is 3.57. The minimum absolute atomic E-state index is 0.182. The molecule has 0 saturated heterocycles. The number of benzene rings is 2. The van der Waals surface area contributed by atoms with Crippen LogP contribution in [0.5, 0.6) is 5.75 Å². The van der Waals surface area contributed by atoms with Crippen molar-refractivity contribution in [3.8, 4) is 17.0 Å². The molecule has 3 aromatic rings. The van der Waals surface area contributed by atoms with Gasteiger partial charge in [0.2, 0.25) is 0 Å². The number of halogens is 2. The number of hydrogen-bond donors (Lipinski definition) is 1. The fourth-order valence-corrected chi connectivity index (χ4v) is 3.45. The van der Waals surface area contributed by atoms with Crippen molar-refractivity contribution in [2.75, 3.05) is 12.4 Å². The summed E-state index contributed by atoms with van der Waals surface area (Å²) in [5.74, 6) is -0.490. The van der Waals surface area contributed by atoms with Gasteiger partial charge in [0.05, 0.1) is 18.4 Å². The normalized spacial score (nSPS) is 10.5. The molecular weight excluding hydrogens is 442 g/mol. The predicted molar refractivity (Wildman–Crippen MR) is 101 cm³/mol. The van der Waals surface area contributed by atoms with Gasteiger partial charge >= 0.3 is 0 Å². The van der Waals surface area contributed by atoms with Crippen molar-refractivity contribution in [1.29, 1.82) is 0 Å². The van der Waals surface area contributed by atoms with Gasteiger partial charge in [0.1, 0.15) is 0 Å². The molecule has 1 N–H and O–H groups in total. The van der Waals surface area contributed by atoms with E-state index < -0.39 is 5.82 Å². The molecule has 0 aliphatic carbocycles. The molecule has 0 saturated carbocycles. The molecule has 0 atom stereocenters. The Kier molecular flexibility index (Phi) is 5.10. The van der Waals surface area contributed by atoms with E-state index in [2.05, 4.69) is 32.9 Å². The molecule has 2 aromatic carbocycles. The van der Waals surface area contributed by atoms with Gasteiger partial charge in [0.25, 0.3) is 5.91 Å². The van der Waals surface area contributed by atoms with E-state index in [0.717, 1.165) is 3.57 Å². The van der Waals surface area contributed by atoms with E-state index in [4.69, 9.17) is 4.74 Å². The highest BCUT2D eigenvalue weighted by Gasteiger charge is 2.13. The fraction of sp³-hybridized carbons (Fsp3) is 0.0588. The molecule has 0 fully saturated rings. The van der Waals surface area contributed by atoms with Gasteiger partial charge in [-0.25, -0.2) is 9.37 Å². The summed E-state index contributed by atoms with van der Waals surface area (Å²) < 4.78 is 19.6. The molecule has 1 heterocycles. The van der Waals surface area contributed by atoms with E-state index in [-0.39, 0.29) is 11.7 Å². The number of amides is 1. The monoisotopic (exact) mass is 454 g/mol. The Morgan fingerprint density at radius 2 is 2.08 bits per heavy atom. The summed E-state index contributed by atoms with van der Waals surface area (Å²) in [6, 6.07) is 11.9. The first-order chi connectivity index (χ1) is 11.6. The first-order valence-corrected chi connectivity index (χ1v) is 8.89. The quantitative estimate of drug-likeness (QED) is 0.576. The molecule has 0 unspecified atom stereocenters. The average Bonchev–Trinajstić information content (AvgIpc) is 3.03. The Bertz CT molecular complexity index is 898. The number of nitrogens with zero attached hydrogens (tertiary/aromatic N) is 1. The molecule has 0 aliphatic rings. The molecule has 1 aromatic heterocycles. The topological polar surface area (TPSA) is 51.2 Å². The van der Waals surface area contributed by atoms with Gasteiger partial charge in [0, 0.05) is 14.5 Å². The Labute approximate surface area is 155 Å². The second kappa shape index (κ2) is 7.27. The maximum atomic E-state index is 13.8. The predicted octanol–water partition coefficient (Wildman–Crippen LogP) is 4.81. The van der Waals surface area contributed by atoms with E-state index in [1.807, 2.05) is 18.2 Å². The summed E-state index contributed by atoms with van der Waals surface area (Å²) in [5, 5.41) is 5.01. The van der Waals surface area contributed by atoms with Crippen LogP contribution in [0.3, 0.4) is 0 Å². The number of carbonyl (C=O) groups excluding carboxylic acids is 1. The average molecular weight is 454 g/mol. The SMILES string of the molecule is COc1ccc(-c2csc(NC(=O)c3ccccc3I)n2)cc1F. The highest BCUT2D eigenvalue weighted by Crippen LogP contribution is 2.28. The van der Waals surface area contributed by atoms with Gasteiger partial charge in [-0.15, -0.1) is 11.3 Å². The minimum Gasteiger partial charge on any atom is -0.494 e. The maximum absolute atomic E-state index is 13.8. The number of carbonyl (C=O) groups is 1. The van der Waals surface area contributed by atoms with Crippen LogP contribution in [0.4, 0.5) is 9.52 Å². The highest BCUT2D eigenvalue weighted by molar-refractivity contribution is 14.1. The van der Waals surface area contributed by atoms with Crippen molar-refractivity contribution in [3.63, 3.8) is 0 Å². The van der Waals surface area contributed by atoms with Crippen molar-refractivity contribution in [2.24, 2.45) is 0 Å². The number of nitrogens with one attached hydrogen (secondary N) is 1. The van der Waals surface area contributed by atoms with Crippen LogP contribution in [0.1, 0.15) is 10.4 Å². The van der Waals surface area contributed by atoms with Gasteiger partial charge in [-0.2, -0.15) is 0 Å². The molecular formula is C17H12FIN2O2S. The maximum Gasteiger partial charge on any atom is 0.258 e. The Hall–Kier alpha value is -2.00. The van der Waals surface area contributed by atoms with Gasteiger partial charge in [-0.05, 0) is 52.9 Å². The molecule has 122 valence electrons. The number of ether oxygens (including phenoxy) is 1. The van der Waals surface area contributed by atoms with Crippen molar-refractivity contribution < 1.29 is 13.9 Å². The summed E-state index contributed by atoms with van der Waals surface area (Å²) in [7, 11) is 1.42. The van der Waals surface area contributed by atoms with Crippen LogP contribution in [-0.4, -0.2) is 18.0 Å². The lowest BCUT2D eigenvalue weighted by Gasteiger charge is -2.04. The lowest BCUT2D eigenvalue weighted by atomic mass is 10.1. The lowest BCUT2D eigenvalue weighted by molar-refractivity contribution is 0.102. The molecule has 0 spiro atoms. The van der Waals surface area contributed by atoms with Gasteiger partial charge < -0.3 is 4.74 Å². The van der Waals surface area contributed by atoms with Crippen molar-refractivity contribution >= 4 is 45.0 Å². The number of methoxy groups -OCH3 is 1. The number of thiazole rings is 1. The van der Waals surface area contributed by atoms with Crippen molar-refractivity contribution in [3.05, 3.63) is 62.8 Å². The first-order valence-electron chi connectivity index (χ1n) is 6.94. The fourth-order valence-electron chi connectivity index (χ4n) is 2.10. The summed E-state index contributed by atoms with van der Waals surface area (Å²) in [5.41, 5.74) is 1.81. The highest BCUT2D eigenvalue weighted by atomic mass is 127. The first kappa shape index (κ1) is 16.8. The smallest absolute Gasteiger partial charge is 0.258 e. The van der Waals surface area contributed by atoms with Crippen molar-refractivity contribution in [1.82, 2.24) is 4.98 Å². The van der Waals surface area contributed by atoms with Crippen LogP contribution in [-0.2, 0) is 0 Å². The zero-order chi connectivity index (χ0) is 17.1. The van der Waals surface area contributed by atoms with E-state index in [1.54, 1.807) is 23.6 Å². The molecule has 3 rings (SSSR count). The summed E-state index contributed by atoms with van der Waals surface area (Å²) in [6.45, 7) is 0. The number of hydrogen-bond acceptors (Lipinski definition) is 4. The van der Waals surface area contributed by atoms with Crippen LogP contribution in [0, 0.1) is 9.39 Å². The minimum atomic E-state index is -0.451. The second-order valence-corrected chi connectivity index (χ2v) is 6.84. The summed E-state index contributed by atoms with van der Waals surface area (Å²) in [6.07, 6.45) is 0. The van der Waals surface area contributed by atoms with Gasteiger partial charge in [0.15, 0.2) is 16.7 Å². The number of anilines is 1. The van der Waals surface area contributed by atoms with E-state index in [1.165, 1.54) is 24.5 Å². The van der Waals surface area contributed by atoms with Crippen LogP contribution in [0.2, 0.25) is 0 Å². The van der Waals surface area contributed by atoms with Gasteiger partial charge in [-0.1, -0.05) is 12.1 Å². The van der Waals surface area contributed by atoms with Crippen molar-refractivity contribution in [2.45, 2.75) is 0 Å². The molecule has 0 radical (unpaired) electrons. The Morgan fingerprint density at radius 1 is 1.29 bits per heavy atom. The Morgan fingerprint density at radius 3 is 2.79 bits per heavy atom. The Balaban J connectivity index is 1.80. The van der Waals surface area contributed by atoms with E-state index >= 15 is 0 Å². The zero-order valence-electron chi connectivity index (χ0n) is 12.5. The molecule has 4 nitrogen and oxygen atoms in total. The van der Waals surface area contributed by atoms with Gasteiger partial charge in [-0.3, -0.25) is 10.1 Å².